The van der Waals surface area contributed by atoms with Gasteiger partial charge in [-0.3, -0.25) is 4.79 Å². The Morgan fingerprint density at radius 3 is 2.56 bits per heavy atom. The molecule has 0 fully saturated rings. The summed E-state index contributed by atoms with van der Waals surface area (Å²) in [6.07, 6.45) is 2.88. The molecule has 0 aliphatic rings. The molecule has 3 aromatic rings. The minimum absolute atomic E-state index is 0.0447. The fraction of sp³-hybridized carbons (Fsp3) is 0.318. The molecule has 0 radical (unpaired) electrons. The van der Waals surface area contributed by atoms with Gasteiger partial charge in [0, 0.05) is 22.8 Å². The zero-order chi connectivity index (χ0) is 18.2. The molecule has 25 heavy (non-hydrogen) atoms. The van der Waals surface area contributed by atoms with E-state index in [1.807, 2.05) is 35.7 Å². The normalized spacial score (nSPS) is 11.7. The van der Waals surface area contributed by atoms with Crippen LogP contribution in [0.5, 0.6) is 5.75 Å². The Labute approximate surface area is 149 Å². The number of ether oxygens (including phenoxy) is 1. The van der Waals surface area contributed by atoms with Gasteiger partial charge in [-0.2, -0.15) is 0 Å². The predicted octanol–water partition coefficient (Wildman–Crippen LogP) is 5.42. The van der Waals surface area contributed by atoms with Gasteiger partial charge in [-0.05, 0) is 54.7 Å². The van der Waals surface area contributed by atoms with E-state index >= 15 is 0 Å². The second-order valence-corrected chi connectivity index (χ2v) is 7.40. The first kappa shape index (κ1) is 17.3. The van der Waals surface area contributed by atoms with Crippen molar-refractivity contribution in [2.24, 2.45) is 0 Å². The third kappa shape index (κ3) is 3.07. The van der Waals surface area contributed by atoms with Crippen molar-refractivity contribution in [3.8, 4) is 16.9 Å². The molecule has 3 rings (SSSR count). The number of pyridine rings is 1. The molecule has 1 aromatic carbocycles. The number of carbonyl (C=O) groups excluding carboxylic acids is 1. The largest absolute Gasteiger partial charge is 0.494 e. The Hall–Kier alpha value is -2.55. The Kier molecular flexibility index (Phi) is 4.42. The van der Waals surface area contributed by atoms with Gasteiger partial charge in [-0.1, -0.05) is 32.9 Å². The standard InChI is InChI=1S/C22H25NO2/c1-6-25-21-10-9-16(12-18(21)22(3,4)5)17-13-19-15(2)8-7-11-23(19)20(17)14-24/h7-14H,6H2,1-5H3. The van der Waals surface area contributed by atoms with Crippen LogP contribution in [0.2, 0.25) is 0 Å². The minimum atomic E-state index is -0.0447. The molecule has 0 saturated carbocycles. The molecule has 0 atom stereocenters. The average Bonchev–Trinajstić information content (AvgIpc) is 2.94. The molecule has 0 aliphatic carbocycles. The van der Waals surface area contributed by atoms with E-state index in [2.05, 4.69) is 45.9 Å². The number of nitrogens with zero attached hydrogens (tertiary/aromatic N) is 1. The molecular formula is C22H25NO2. The first-order chi connectivity index (χ1) is 11.9. The Balaban J connectivity index is 2.25. The van der Waals surface area contributed by atoms with E-state index in [0.29, 0.717) is 12.3 Å². The van der Waals surface area contributed by atoms with Crippen LogP contribution >= 0.6 is 0 Å². The summed E-state index contributed by atoms with van der Waals surface area (Å²) in [5.41, 5.74) is 6.00. The van der Waals surface area contributed by atoms with Crippen molar-refractivity contribution in [2.75, 3.05) is 6.61 Å². The van der Waals surface area contributed by atoms with Crippen molar-refractivity contribution in [1.29, 1.82) is 0 Å². The van der Waals surface area contributed by atoms with Crippen LogP contribution in [0.4, 0.5) is 0 Å². The maximum Gasteiger partial charge on any atom is 0.167 e. The SMILES string of the molecule is CCOc1ccc(-c2cc3c(C)cccn3c2C=O)cc1C(C)(C)C. The molecule has 3 nitrogen and oxygen atoms in total. The number of hydrogen-bond donors (Lipinski definition) is 0. The number of carbonyl (C=O) groups is 1. The number of aromatic nitrogens is 1. The zero-order valence-corrected chi connectivity index (χ0v) is 15.6. The lowest BCUT2D eigenvalue weighted by Gasteiger charge is -2.23. The smallest absolute Gasteiger partial charge is 0.167 e. The number of aldehydes is 1. The summed E-state index contributed by atoms with van der Waals surface area (Å²) in [4.78, 5) is 11.8. The molecule has 2 aromatic heterocycles. The van der Waals surface area contributed by atoms with E-state index in [1.165, 1.54) is 0 Å². The van der Waals surface area contributed by atoms with Crippen LogP contribution in [-0.2, 0) is 5.41 Å². The Bertz CT molecular complexity index is 929. The van der Waals surface area contributed by atoms with Gasteiger partial charge in [-0.25, -0.2) is 0 Å². The molecule has 0 saturated heterocycles. The van der Waals surface area contributed by atoms with Gasteiger partial charge in [0.1, 0.15) is 5.75 Å². The summed E-state index contributed by atoms with van der Waals surface area (Å²) < 4.78 is 7.78. The third-order valence-electron chi connectivity index (χ3n) is 4.57. The second-order valence-electron chi connectivity index (χ2n) is 7.40. The average molecular weight is 335 g/mol. The van der Waals surface area contributed by atoms with Crippen molar-refractivity contribution < 1.29 is 9.53 Å². The minimum Gasteiger partial charge on any atom is -0.494 e. The first-order valence-corrected chi connectivity index (χ1v) is 8.70. The third-order valence-corrected chi connectivity index (χ3v) is 4.57. The van der Waals surface area contributed by atoms with Gasteiger partial charge < -0.3 is 9.14 Å². The van der Waals surface area contributed by atoms with Crippen molar-refractivity contribution in [3.05, 3.63) is 59.4 Å². The topological polar surface area (TPSA) is 30.7 Å². The summed E-state index contributed by atoms with van der Waals surface area (Å²) in [6.45, 7) is 11.2. The summed E-state index contributed by atoms with van der Waals surface area (Å²) in [6, 6.07) is 12.3. The summed E-state index contributed by atoms with van der Waals surface area (Å²) in [5.74, 6) is 0.909. The van der Waals surface area contributed by atoms with Gasteiger partial charge in [0.25, 0.3) is 0 Å². The maximum absolute atomic E-state index is 11.8. The van der Waals surface area contributed by atoms with Crippen LogP contribution in [0, 0.1) is 6.92 Å². The highest BCUT2D eigenvalue weighted by Crippen LogP contribution is 2.37. The summed E-state index contributed by atoms with van der Waals surface area (Å²) in [7, 11) is 0. The van der Waals surface area contributed by atoms with E-state index in [-0.39, 0.29) is 5.41 Å². The lowest BCUT2D eigenvalue weighted by Crippen LogP contribution is -2.13. The molecular weight excluding hydrogens is 310 g/mol. The number of rotatable bonds is 4. The van der Waals surface area contributed by atoms with Crippen LogP contribution in [0.3, 0.4) is 0 Å². The van der Waals surface area contributed by atoms with Crippen LogP contribution in [0.25, 0.3) is 16.6 Å². The van der Waals surface area contributed by atoms with Crippen molar-refractivity contribution in [3.63, 3.8) is 0 Å². The van der Waals surface area contributed by atoms with Gasteiger partial charge in [-0.15, -0.1) is 0 Å². The number of fused-ring (bicyclic) bond motifs is 1. The highest BCUT2D eigenvalue weighted by Gasteiger charge is 2.21. The van der Waals surface area contributed by atoms with E-state index < -0.39 is 0 Å². The first-order valence-electron chi connectivity index (χ1n) is 8.70. The molecule has 0 spiro atoms. The van der Waals surface area contributed by atoms with E-state index in [9.17, 15) is 4.79 Å². The molecule has 3 heteroatoms. The van der Waals surface area contributed by atoms with Gasteiger partial charge in [0.05, 0.1) is 12.3 Å². The fourth-order valence-corrected chi connectivity index (χ4v) is 3.28. The Morgan fingerprint density at radius 2 is 1.92 bits per heavy atom. The highest BCUT2D eigenvalue weighted by molar-refractivity contribution is 5.90. The van der Waals surface area contributed by atoms with Crippen molar-refractivity contribution in [2.45, 2.75) is 40.0 Å². The molecule has 2 heterocycles. The van der Waals surface area contributed by atoms with E-state index in [4.69, 9.17) is 4.74 Å². The van der Waals surface area contributed by atoms with E-state index in [1.54, 1.807) is 0 Å². The van der Waals surface area contributed by atoms with Gasteiger partial charge >= 0.3 is 0 Å². The summed E-state index contributed by atoms with van der Waals surface area (Å²) in [5, 5.41) is 0. The van der Waals surface area contributed by atoms with Crippen molar-refractivity contribution in [1.82, 2.24) is 4.40 Å². The van der Waals surface area contributed by atoms with Crippen LogP contribution < -0.4 is 4.74 Å². The van der Waals surface area contributed by atoms with Gasteiger partial charge in [0.2, 0.25) is 0 Å². The van der Waals surface area contributed by atoms with Gasteiger partial charge in [0.15, 0.2) is 6.29 Å². The monoisotopic (exact) mass is 335 g/mol. The number of hydrogen-bond acceptors (Lipinski definition) is 2. The quantitative estimate of drug-likeness (QED) is 0.596. The number of benzene rings is 1. The fourth-order valence-electron chi connectivity index (χ4n) is 3.28. The maximum atomic E-state index is 11.8. The molecule has 0 unspecified atom stereocenters. The molecule has 130 valence electrons. The molecule has 0 amide bonds. The van der Waals surface area contributed by atoms with Crippen molar-refractivity contribution >= 4 is 11.8 Å². The van der Waals surface area contributed by atoms with Crippen LogP contribution in [0.15, 0.2) is 42.6 Å². The second kappa shape index (κ2) is 6.40. The Morgan fingerprint density at radius 1 is 1.16 bits per heavy atom. The molecule has 0 N–H and O–H groups in total. The van der Waals surface area contributed by atoms with Crippen LogP contribution in [-0.4, -0.2) is 17.3 Å². The number of aryl methyl sites for hydroxylation is 1. The van der Waals surface area contributed by atoms with Crippen LogP contribution in [0.1, 0.15) is 49.3 Å². The summed E-state index contributed by atoms with van der Waals surface area (Å²) >= 11 is 0. The molecule has 0 aliphatic heterocycles. The lowest BCUT2D eigenvalue weighted by molar-refractivity contribution is 0.111. The molecule has 0 bridgehead atoms. The zero-order valence-electron chi connectivity index (χ0n) is 15.6. The lowest BCUT2D eigenvalue weighted by atomic mass is 9.84. The predicted molar refractivity (Wildman–Crippen MR) is 103 cm³/mol. The highest BCUT2D eigenvalue weighted by atomic mass is 16.5. The van der Waals surface area contributed by atoms with E-state index in [0.717, 1.165) is 39.8 Å².